The first-order valence-corrected chi connectivity index (χ1v) is 23.3. The van der Waals surface area contributed by atoms with E-state index in [0.29, 0.717) is 22.8 Å². The summed E-state index contributed by atoms with van der Waals surface area (Å²) in [5, 5.41) is 22.4. The minimum atomic E-state index is 0.597. The van der Waals surface area contributed by atoms with Crippen LogP contribution in [-0.2, 0) is 0 Å². The number of aromatic nitrogens is 5. The maximum atomic E-state index is 10.2. The highest BCUT2D eigenvalue weighted by Crippen LogP contribution is 2.42. The second kappa shape index (κ2) is 18.2. The molecule has 0 atom stereocenters. The van der Waals surface area contributed by atoms with E-state index in [1.807, 2.05) is 146 Å². The Kier molecular flexibility index (Phi) is 10.8. The molecule has 9 aromatic carbocycles. The molecule has 0 amide bonds. The molecule has 0 saturated heterocycles. The van der Waals surface area contributed by atoms with Gasteiger partial charge in [0.2, 0.25) is 0 Å². The Morgan fingerprint density at radius 2 is 0.676 bits per heavy atom. The van der Waals surface area contributed by atoms with E-state index >= 15 is 0 Å². The van der Waals surface area contributed by atoms with Crippen LogP contribution in [0.15, 0.2) is 237 Å². The van der Waals surface area contributed by atoms with Gasteiger partial charge in [0.25, 0.3) is 0 Å². The van der Waals surface area contributed by atoms with Crippen molar-refractivity contribution in [3.8, 4) is 108 Å². The number of nitrogens with zero attached hydrogens (tertiary/aromatic N) is 7. The van der Waals surface area contributed by atoms with Crippen molar-refractivity contribution in [1.82, 2.24) is 24.5 Å². The molecule has 0 fully saturated rings. The summed E-state index contributed by atoms with van der Waals surface area (Å²) in [6.07, 6.45) is 0. The van der Waals surface area contributed by atoms with Gasteiger partial charge in [-0.15, -0.1) is 0 Å². The van der Waals surface area contributed by atoms with E-state index in [1.165, 1.54) is 0 Å². The molecule has 0 aliphatic heterocycles. The number of hydrogen-bond acceptors (Lipinski definition) is 6. The van der Waals surface area contributed by atoms with Crippen LogP contribution in [0.4, 0.5) is 0 Å². The fourth-order valence-corrected chi connectivity index (χ4v) is 9.50. The lowest BCUT2D eigenvalue weighted by Crippen LogP contribution is -2.02. The highest BCUT2D eigenvalue weighted by atomic mass is 15.0. The Balaban J connectivity index is 1.16. The van der Waals surface area contributed by atoms with Crippen LogP contribution >= 0.6 is 0 Å². The van der Waals surface area contributed by atoms with Gasteiger partial charge in [-0.25, -0.2) is 19.9 Å². The van der Waals surface area contributed by atoms with E-state index in [-0.39, 0.29) is 0 Å². The monoisotopic (exact) mass is 905 g/mol. The fourth-order valence-electron chi connectivity index (χ4n) is 9.50. The smallest absolute Gasteiger partial charge is 0.160 e. The lowest BCUT2D eigenvalue weighted by Gasteiger charge is -2.17. The van der Waals surface area contributed by atoms with Crippen LogP contribution in [0.1, 0.15) is 11.1 Å². The van der Waals surface area contributed by atoms with E-state index in [9.17, 15) is 10.5 Å². The summed E-state index contributed by atoms with van der Waals surface area (Å²) in [4.78, 5) is 21.0. The third-order valence-corrected chi connectivity index (χ3v) is 12.9. The summed E-state index contributed by atoms with van der Waals surface area (Å²) in [5.41, 5.74) is 16.1. The molecule has 0 aliphatic carbocycles. The van der Waals surface area contributed by atoms with Crippen LogP contribution in [0.5, 0.6) is 0 Å². The van der Waals surface area contributed by atoms with Gasteiger partial charge < -0.3 is 4.57 Å². The summed E-state index contributed by atoms with van der Waals surface area (Å²) in [7, 11) is 0. The summed E-state index contributed by atoms with van der Waals surface area (Å²) in [5.74, 6) is 1.22. The lowest BCUT2D eigenvalue weighted by atomic mass is 9.96. The van der Waals surface area contributed by atoms with Crippen LogP contribution in [0.25, 0.3) is 118 Å². The maximum Gasteiger partial charge on any atom is 0.160 e. The number of hydrogen-bond donors (Lipinski definition) is 0. The molecule has 0 aliphatic rings. The van der Waals surface area contributed by atoms with Crippen molar-refractivity contribution in [2.24, 2.45) is 0 Å². The van der Waals surface area contributed by atoms with E-state index in [0.717, 1.165) is 106 Å². The van der Waals surface area contributed by atoms with Crippen LogP contribution < -0.4 is 0 Å². The van der Waals surface area contributed by atoms with Crippen LogP contribution in [-0.4, -0.2) is 24.5 Å². The minimum absolute atomic E-state index is 0.597. The molecule has 12 rings (SSSR count). The van der Waals surface area contributed by atoms with Crippen molar-refractivity contribution in [2.45, 2.75) is 0 Å². The number of benzene rings is 9. The molecule has 7 nitrogen and oxygen atoms in total. The Labute approximate surface area is 410 Å². The molecule has 7 heteroatoms. The highest BCUT2D eigenvalue weighted by Gasteiger charge is 2.22. The Hall–Kier alpha value is -10.1. The molecule has 71 heavy (non-hydrogen) atoms. The standard InChI is InChI=1S/C64H39N7/c65-40-49-25-13-15-27-51(49)46-29-32-60-53(35-46)54-36-47(52-28-16-14-26-50(52)41-66)30-33-61(54)71(60)62-34-31-48(58-38-56(42-17-5-1-6-18-42)67-63(69-58)44-21-9-3-10-22-44)37-55(62)59-39-57(43-19-7-2-8-20-43)68-64(70-59)45-23-11-4-12-24-45/h1-39H. The molecule has 330 valence electrons. The maximum absolute atomic E-state index is 10.2. The zero-order valence-corrected chi connectivity index (χ0v) is 38.1. The molecule has 3 heterocycles. The van der Waals surface area contributed by atoms with Gasteiger partial charge in [-0.1, -0.05) is 176 Å². The van der Waals surface area contributed by atoms with E-state index < -0.39 is 0 Å². The van der Waals surface area contributed by atoms with Gasteiger partial charge in [0.15, 0.2) is 11.6 Å². The Morgan fingerprint density at radius 3 is 1.14 bits per heavy atom. The van der Waals surface area contributed by atoms with Crippen LogP contribution in [0.2, 0.25) is 0 Å². The molecule has 0 bridgehead atoms. The Morgan fingerprint density at radius 1 is 0.296 bits per heavy atom. The fraction of sp³-hybridized carbons (Fsp3) is 0. The largest absolute Gasteiger partial charge is 0.309 e. The topological polar surface area (TPSA) is 104 Å². The van der Waals surface area contributed by atoms with Gasteiger partial charge in [0, 0.05) is 44.2 Å². The quantitative estimate of drug-likeness (QED) is 0.143. The molecule has 0 unspecified atom stereocenters. The van der Waals surface area contributed by atoms with Crippen molar-refractivity contribution in [3.63, 3.8) is 0 Å². The van der Waals surface area contributed by atoms with Gasteiger partial charge in [0.05, 0.1) is 62.8 Å². The third kappa shape index (κ3) is 7.96. The highest BCUT2D eigenvalue weighted by molar-refractivity contribution is 6.12. The van der Waals surface area contributed by atoms with E-state index in [2.05, 4.69) is 108 Å². The van der Waals surface area contributed by atoms with Gasteiger partial charge in [-0.3, -0.25) is 0 Å². The van der Waals surface area contributed by atoms with E-state index in [1.54, 1.807) is 0 Å². The molecule has 12 aromatic rings. The van der Waals surface area contributed by atoms with E-state index in [4.69, 9.17) is 19.9 Å². The SMILES string of the molecule is N#Cc1ccccc1-c1ccc2c(c1)c1cc(-c3ccccc3C#N)ccc1n2-c1ccc(-c2cc(-c3ccccc3)nc(-c3ccccc3)n2)cc1-c1cc(-c2ccccc2)nc(-c2ccccc2)n1. The summed E-state index contributed by atoms with van der Waals surface area (Å²) in [6.45, 7) is 0. The molecule has 0 radical (unpaired) electrons. The number of rotatable bonds is 9. The first kappa shape index (κ1) is 42.3. The number of nitriles is 2. The lowest BCUT2D eigenvalue weighted by molar-refractivity contribution is 1.15. The molecular formula is C64H39N7. The predicted molar refractivity (Wildman–Crippen MR) is 285 cm³/mol. The molecular weight excluding hydrogens is 867 g/mol. The van der Waals surface area contributed by atoms with Crippen molar-refractivity contribution < 1.29 is 0 Å². The first-order chi connectivity index (χ1) is 35.1. The normalized spacial score (nSPS) is 11.1. The van der Waals surface area contributed by atoms with Crippen molar-refractivity contribution in [2.75, 3.05) is 0 Å². The van der Waals surface area contributed by atoms with Gasteiger partial charge in [-0.05, 0) is 82.9 Å². The molecule has 0 saturated carbocycles. The minimum Gasteiger partial charge on any atom is -0.309 e. The zero-order chi connectivity index (χ0) is 47.7. The predicted octanol–water partition coefficient (Wildman–Crippen LogP) is 15.4. The average Bonchev–Trinajstić information content (AvgIpc) is 3.78. The summed E-state index contributed by atoms with van der Waals surface area (Å²) < 4.78 is 2.31. The molecule has 0 spiro atoms. The molecule has 0 N–H and O–H groups in total. The second-order valence-electron chi connectivity index (χ2n) is 17.2. The summed E-state index contributed by atoms with van der Waals surface area (Å²) >= 11 is 0. The number of fused-ring (bicyclic) bond motifs is 3. The Bertz CT molecular complexity index is 3830. The second-order valence-corrected chi connectivity index (χ2v) is 17.2. The van der Waals surface area contributed by atoms with Gasteiger partial charge >= 0.3 is 0 Å². The average molecular weight is 906 g/mol. The molecule has 3 aromatic heterocycles. The summed E-state index contributed by atoms with van der Waals surface area (Å²) in [6, 6.07) is 84.3. The zero-order valence-electron chi connectivity index (χ0n) is 38.1. The van der Waals surface area contributed by atoms with Crippen molar-refractivity contribution >= 4 is 21.8 Å². The van der Waals surface area contributed by atoms with Gasteiger partial charge in [-0.2, -0.15) is 10.5 Å². The van der Waals surface area contributed by atoms with Crippen LogP contribution in [0.3, 0.4) is 0 Å². The first-order valence-electron chi connectivity index (χ1n) is 23.3. The van der Waals surface area contributed by atoms with Crippen LogP contribution in [0, 0.1) is 22.7 Å². The van der Waals surface area contributed by atoms with Crippen molar-refractivity contribution in [1.29, 1.82) is 10.5 Å². The van der Waals surface area contributed by atoms with Crippen molar-refractivity contribution in [3.05, 3.63) is 248 Å². The third-order valence-electron chi connectivity index (χ3n) is 12.9. The van der Waals surface area contributed by atoms with Gasteiger partial charge in [0.1, 0.15) is 0 Å².